The number of carbonyl (C=O) groups is 1. The smallest absolute Gasteiger partial charge is 0.338 e. The molecule has 0 atom stereocenters. The number of rotatable bonds is 7. The Balaban J connectivity index is 1.74. The van der Waals surface area contributed by atoms with Crippen LogP contribution in [-0.2, 0) is 10.5 Å². The Bertz CT molecular complexity index is 1240. The Morgan fingerprint density at radius 2 is 1.75 bits per heavy atom. The van der Waals surface area contributed by atoms with Gasteiger partial charge in [0.25, 0.3) is 0 Å². The monoisotopic (exact) mass is 445 g/mol. The van der Waals surface area contributed by atoms with E-state index < -0.39 is 0 Å². The molecule has 6 nitrogen and oxygen atoms in total. The van der Waals surface area contributed by atoms with Gasteiger partial charge in [-0.1, -0.05) is 59.8 Å². The molecule has 3 aromatic carbocycles. The molecule has 0 bridgehead atoms. The van der Waals surface area contributed by atoms with Gasteiger partial charge in [-0.3, -0.25) is 4.57 Å². The van der Waals surface area contributed by atoms with E-state index in [4.69, 9.17) is 9.47 Å². The number of ether oxygens (including phenoxy) is 2. The van der Waals surface area contributed by atoms with Crippen LogP contribution in [0.4, 0.5) is 0 Å². The minimum absolute atomic E-state index is 0.349. The molecule has 162 valence electrons. The average Bonchev–Trinajstić information content (AvgIpc) is 3.27. The van der Waals surface area contributed by atoms with Crippen LogP contribution in [0.15, 0.2) is 78.0 Å². The Labute approximate surface area is 191 Å². The second kappa shape index (κ2) is 9.70. The van der Waals surface area contributed by atoms with Crippen molar-refractivity contribution in [2.45, 2.75) is 17.8 Å². The maximum atomic E-state index is 12.1. The summed E-state index contributed by atoms with van der Waals surface area (Å²) in [5.74, 6) is 1.67. The summed E-state index contributed by atoms with van der Waals surface area (Å²) in [4.78, 5) is 12.1. The van der Waals surface area contributed by atoms with Crippen LogP contribution in [0.5, 0.6) is 5.75 Å². The van der Waals surface area contributed by atoms with E-state index >= 15 is 0 Å². The minimum atomic E-state index is -0.349. The zero-order chi connectivity index (χ0) is 22.5. The third-order valence-electron chi connectivity index (χ3n) is 5.03. The summed E-state index contributed by atoms with van der Waals surface area (Å²) >= 11 is 1.52. The van der Waals surface area contributed by atoms with Gasteiger partial charge in [0.1, 0.15) is 5.75 Å². The molecule has 0 aliphatic rings. The van der Waals surface area contributed by atoms with Crippen molar-refractivity contribution in [3.05, 3.63) is 89.5 Å². The molecule has 0 radical (unpaired) electrons. The van der Waals surface area contributed by atoms with Gasteiger partial charge in [0.15, 0.2) is 11.0 Å². The van der Waals surface area contributed by atoms with Crippen LogP contribution in [0.1, 0.15) is 21.5 Å². The topological polar surface area (TPSA) is 66.2 Å². The molecule has 0 amide bonds. The summed E-state index contributed by atoms with van der Waals surface area (Å²) in [6, 6.07) is 23.4. The number of hydrogen-bond acceptors (Lipinski definition) is 6. The van der Waals surface area contributed by atoms with Crippen molar-refractivity contribution in [3.8, 4) is 22.8 Å². The van der Waals surface area contributed by atoms with Gasteiger partial charge >= 0.3 is 5.97 Å². The van der Waals surface area contributed by atoms with Gasteiger partial charge in [0.2, 0.25) is 0 Å². The SMILES string of the molecule is COC(=O)c1ccccc1CSc1nnc(-c2cccc(OC)c2)n1-c1ccc(C)cc1. The molecular weight excluding hydrogens is 422 g/mol. The molecule has 0 aliphatic heterocycles. The summed E-state index contributed by atoms with van der Waals surface area (Å²) in [5.41, 5.74) is 4.47. The van der Waals surface area contributed by atoms with Crippen molar-refractivity contribution in [1.82, 2.24) is 14.8 Å². The van der Waals surface area contributed by atoms with E-state index in [0.29, 0.717) is 11.3 Å². The first kappa shape index (κ1) is 21.6. The zero-order valence-electron chi connectivity index (χ0n) is 18.1. The Hall–Kier alpha value is -3.58. The van der Waals surface area contributed by atoms with Gasteiger partial charge in [-0.25, -0.2) is 4.79 Å². The number of aryl methyl sites for hydroxylation is 1. The van der Waals surface area contributed by atoms with Crippen molar-refractivity contribution < 1.29 is 14.3 Å². The van der Waals surface area contributed by atoms with E-state index in [1.165, 1.54) is 24.4 Å². The first-order valence-corrected chi connectivity index (χ1v) is 11.0. The Morgan fingerprint density at radius 1 is 0.969 bits per heavy atom. The fourth-order valence-electron chi connectivity index (χ4n) is 3.34. The molecule has 0 spiro atoms. The van der Waals surface area contributed by atoms with Gasteiger partial charge in [-0.2, -0.15) is 0 Å². The second-order valence-corrected chi connectivity index (χ2v) is 8.09. The van der Waals surface area contributed by atoms with Crippen LogP contribution in [0, 0.1) is 6.92 Å². The molecule has 4 aromatic rings. The molecule has 0 saturated heterocycles. The second-order valence-electron chi connectivity index (χ2n) is 7.15. The molecule has 0 N–H and O–H groups in total. The molecular formula is C25H23N3O3S. The van der Waals surface area contributed by atoms with Gasteiger partial charge < -0.3 is 9.47 Å². The lowest BCUT2D eigenvalue weighted by Crippen LogP contribution is -2.05. The number of thioether (sulfide) groups is 1. The van der Waals surface area contributed by atoms with Gasteiger partial charge in [0.05, 0.1) is 19.8 Å². The highest BCUT2D eigenvalue weighted by atomic mass is 32.2. The number of hydrogen-bond donors (Lipinski definition) is 0. The van der Waals surface area contributed by atoms with E-state index in [1.54, 1.807) is 13.2 Å². The molecule has 0 saturated carbocycles. The first-order valence-electron chi connectivity index (χ1n) is 10.1. The Kier molecular flexibility index (Phi) is 6.56. The van der Waals surface area contributed by atoms with Crippen LogP contribution in [0.2, 0.25) is 0 Å². The highest BCUT2D eigenvalue weighted by molar-refractivity contribution is 7.98. The number of methoxy groups -OCH3 is 2. The van der Waals surface area contributed by atoms with Crippen molar-refractivity contribution in [1.29, 1.82) is 0 Å². The van der Waals surface area contributed by atoms with E-state index in [9.17, 15) is 4.79 Å². The van der Waals surface area contributed by atoms with Gasteiger partial charge in [-0.05, 0) is 42.8 Å². The highest BCUT2D eigenvalue weighted by Crippen LogP contribution is 2.31. The number of esters is 1. The standard InChI is InChI=1S/C25H23N3O3S/c1-17-11-13-20(14-12-17)28-23(18-8-6-9-21(15-18)30-2)26-27-25(28)32-16-19-7-4-5-10-22(19)24(29)31-3/h4-15H,16H2,1-3H3. The number of aromatic nitrogens is 3. The summed E-state index contributed by atoms with van der Waals surface area (Å²) in [6.07, 6.45) is 0. The molecule has 1 heterocycles. The third kappa shape index (κ3) is 4.53. The van der Waals surface area contributed by atoms with Crippen LogP contribution in [-0.4, -0.2) is 35.0 Å². The van der Waals surface area contributed by atoms with Crippen molar-refractivity contribution >= 4 is 17.7 Å². The van der Waals surface area contributed by atoms with Crippen molar-refractivity contribution in [3.63, 3.8) is 0 Å². The molecule has 0 unspecified atom stereocenters. The number of nitrogens with zero attached hydrogens (tertiary/aromatic N) is 3. The zero-order valence-corrected chi connectivity index (χ0v) is 18.9. The summed E-state index contributed by atoms with van der Waals surface area (Å²) in [7, 11) is 3.03. The van der Waals surface area contributed by atoms with Crippen LogP contribution < -0.4 is 4.74 Å². The maximum absolute atomic E-state index is 12.1. The Morgan fingerprint density at radius 3 is 2.50 bits per heavy atom. The molecule has 0 aliphatic carbocycles. The maximum Gasteiger partial charge on any atom is 0.338 e. The molecule has 0 fully saturated rings. The third-order valence-corrected chi connectivity index (χ3v) is 6.01. The van der Waals surface area contributed by atoms with E-state index in [0.717, 1.165) is 33.5 Å². The average molecular weight is 446 g/mol. The lowest BCUT2D eigenvalue weighted by molar-refractivity contribution is 0.0600. The molecule has 1 aromatic heterocycles. The van der Waals surface area contributed by atoms with Crippen molar-refractivity contribution in [2.75, 3.05) is 14.2 Å². The van der Waals surface area contributed by atoms with Gasteiger partial charge in [0, 0.05) is 17.0 Å². The molecule has 7 heteroatoms. The van der Waals surface area contributed by atoms with Gasteiger partial charge in [-0.15, -0.1) is 10.2 Å². The number of benzene rings is 3. The lowest BCUT2D eigenvalue weighted by atomic mass is 10.1. The van der Waals surface area contributed by atoms with Crippen molar-refractivity contribution in [2.24, 2.45) is 0 Å². The van der Waals surface area contributed by atoms with E-state index in [1.807, 2.05) is 47.0 Å². The highest BCUT2D eigenvalue weighted by Gasteiger charge is 2.18. The molecule has 32 heavy (non-hydrogen) atoms. The minimum Gasteiger partial charge on any atom is -0.497 e. The van der Waals surface area contributed by atoms with E-state index in [2.05, 4.69) is 41.4 Å². The fourth-order valence-corrected chi connectivity index (χ4v) is 4.29. The van der Waals surface area contributed by atoms with Crippen LogP contribution in [0.25, 0.3) is 17.1 Å². The number of carbonyl (C=O) groups excluding carboxylic acids is 1. The van der Waals surface area contributed by atoms with Crippen LogP contribution in [0.3, 0.4) is 0 Å². The summed E-state index contributed by atoms with van der Waals surface area (Å²) in [5, 5.41) is 9.70. The van der Waals surface area contributed by atoms with Crippen LogP contribution >= 0.6 is 11.8 Å². The summed E-state index contributed by atoms with van der Waals surface area (Å²) < 4.78 is 12.3. The lowest BCUT2D eigenvalue weighted by Gasteiger charge is -2.12. The summed E-state index contributed by atoms with van der Waals surface area (Å²) in [6.45, 7) is 2.05. The fraction of sp³-hybridized carbons (Fsp3) is 0.160. The predicted octanol–water partition coefficient (Wildman–Crippen LogP) is 5.33. The quantitative estimate of drug-likeness (QED) is 0.283. The predicted molar refractivity (Wildman–Crippen MR) is 125 cm³/mol. The largest absolute Gasteiger partial charge is 0.497 e. The first-order chi connectivity index (χ1) is 15.6. The molecule has 4 rings (SSSR count). The van der Waals surface area contributed by atoms with E-state index in [-0.39, 0.29) is 5.97 Å². The normalized spacial score (nSPS) is 10.7.